The Hall–Kier alpha value is -0.570. The minimum Gasteiger partial charge on any atom is -0.388 e. The molecule has 0 bridgehead atoms. The summed E-state index contributed by atoms with van der Waals surface area (Å²) in [7, 11) is 0. The van der Waals surface area contributed by atoms with E-state index in [2.05, 4.69) is 53.5 Å². The van der Waals surface area contributed by atoms with Gasteiger partial charge in [-0.1, -0.05) is 98.7 Å². The van der Waals surface area contributed by atoms with E-state index in [1.54, 1.807) is 0 Å². The first-order chi connectivity index (χ1) is 11.8. The zero-order valence-corrected chi connectivity index (χ0v) is 17.3. The Morgan fingerprint density at radius 3 is 2.21 bits per heavy atom. The SMILES string of the molecule is CCCCCCCCCCC=C=CCC(O)c1ccc(CI)cc1. The summed E-state index contributed by atoms with van der Waals surface area (Å²) in [5.74, 6) is 0. The van der Waals surface area contributed by atoms with E-state index in [1.807, 2.05) is 18.2 Å². The van der Waals surface area contributed by atoms with E-state index in [-0.39, 0.29) is 0 Å². The molecule has 1 nitrogen and oxygen atoms in total. The number of aliphatic hydroxyl groups is 1. The number of unbranched alkanes of at least 4 members (excludes halogenated alkanes) is 8. The molecule has 1 rings (SSSR count). The van der Waals surface area contributed by atoms with Crippen LogP contribution in [0.1, 0.15) is 88.4 Å². The number of rotatable bonds is 13. The molecule has 24 heavy (non-hydrogen) atoms. The topological polar surface area (TPSA) is 20.2 Å². The van der Waals surface area contributed by atoms with Crippen molar-refractivity contribution in [2.24, 2.45) is 0 Å². The van der Waals surface area contributed by atoms with Crippen LogP contribution in [0.15, 0.2) is 42.1 Å². The normalized spacial score (nSPS) is 11.8. The summed E-state index contributed by atoms with van der Waals surface area (Å²) < 4.78 is 1.01. The van der Waals surface area contributed by atoms with E-state index >= 15 is 0 Å². The minimum absolute atomic E-state index is 0.419. The van der Waals surface area contributed by atoms with Crippen LogP contribution in [0, 0.1) is 0 Å². The fraction of sp³-hybridized carbons (Fsp3) is 0.591. The molecule has 1 aromatic carbocycles. The van der Waals surface area contributed by atoms with Gasteiger partial charge in [0.25, 0.3) is 0 Å². The quantitative estimate of drug-likeness (QED) is 0.148. The van der Waals surface area contributed by atoms with Crippen molar-refractivity contribution >= 4 is 22.6 Å². The van der Waals surface area contributed by atoms with Gasteiger partial charge in [0, 0.05) is 10.8 Å². The molecule has 1 unspecified atom stereocenters. The van der Waals surface area contributed by atoms with Crippen LogP contribution in [0.5, 0.6) is 0 Å². The van der Waals surface area contributed by atoms with E-state index in [1.165, 1.54) is 56.9 Å². The molecule has 0 heterocycles. The van der Waals surface area contributed by atoms with Crippen molar-refractivity contribution in [3.05, 3.63) is 53.3 Å². The lowest BCUT2D eigenvalue weighted by Crippen LogP contribution is -1.95. The standard InChI is InChI=1S/C22H33IO/c1-2-3-4-5-6-7-8-9-10-11-12-13-14-22(24)21-17-15-20(19-23)16-18-21/h11,13,15-18,22,24H,2-10,14,19H2,1H3. The molecule has 2 heteroatoms. The molecule has 0 saturated heterocycles. The van der Waals surface area contributed by atoms with Gasteiger partial charge in [0.15, 0.2) is 0 Å². The van der Waals surface area contributed by atoms with Gasteiger partial charge in [0.2, 0.25) is 0 Å². The fourth-order valence-corrected chi connectivity index (χ4v) is 3.20. The van der Waals surface area contributed by atoms with Gasteiger partial charge in [-0.3, -0.25) is 0 Å². The van der Waals surface area contributed by atoms with Crippen molar-refractivity contribution in [1.29, 1.82) is 0 Å². The van der Waals surface area contributed by atoms with Gasteiger partial charge in [0.1, 0.15) is 0 Å². The second kappa shape index (κ2) is 14.7. The van der Waals surface area contributed by atoms with E-state index in [0.717, 1.165) is 16.4 Å². The molecule has 1 atom stereocenters. The zero-order valence-electron chi connectivity index (χ0n) is 15.1. The van der Waals surface area contributed by atoms with Crippen molar-refractivity contribution in [2.75, 3.05) is 0 Å². The first-order valence-corrected chi connectivity index (χ1v) is 11.0. The molecule has 0 aliphatic rings. The molecule has 0 aliphatic heterocycles. The summed E-state index contributed by atoms with van der Waals surface area (Å²) in [6.07, 6.45) is 16.3. The van der Waals surface area contributed by atoms with Crippen molar-refractivity contribution in [3.63, 3.8) is 0 Å². The van der Waals surface area contributed by atoms with Crippen molar-refractivity contribution in [3.8, 4) is 0 Å². The van der Waals surface area contributed by atoms with Crippen LogP contribution in [-0.2, 0) is 4.43 Å². The highest BCUT2D eigenvalue weighted by Crippen LogP contribution is 2.18. The van der Waals surface area contributed by atoms with Crippen LogP contribution in [0.4, 0.5) is 0 Å². The largest absolute Gasteiger partial charge is 0.388 e. The van der Waals surface area contributed by atoms with Gasteiger partial charge in [-0.25, -0.2) is 0 Å². The van der Waals surface area contributed by atoms with Crippen molar-refractivity contribution in [1.82, 2.24) is 0 Å². The van der Waals surface area contributed by atoms with E-state index in [4.69, 9.17) is 0 Å². The second-order valence-electron chi connectivity index (χ2n) is 6.47. The van der Waals surface area contributed by atoms with Gasteiger partial charge in [-0.15, -0.1) is 5.73 Å². The van der Waals surface area contributed by atoms with Gasteiger partial charge in [-0.05, 0) is 36.1 Å². The molecule has 0 amide bonds. The maximum Gasteiger partial charge on any atom is 0.0830 e. The summed E-state index contributed by atoms with van der Waals surface area (Å²) in [5.41, 5.74) is 5.51. The van der Waals surface area contributed by atoms with Crippen LogP contribution in [0.3, 0.4) is 0 Å². The average molecular weight is 440 g/mol. The summed E-state index contributed by atoms with van der Waals surface area (Å²) in [4.78, 5) is 0. The Morgan fingerprint density at radius 1 is 0.958 bits per heavy atom. The monoisotopic (exact) mass is 440 g/mol. The number of hydrogen-bond acceptors (Lipinski definition) is 1. The van der Waals surface area contributed by atoms with Gasteiger partial charge in [-0.2, -0.15) is 0 Å². The van der Waals surface area contributed by atoms with E-state index in [9.17, 15) is 5.11 Å². The Balaban J connectivity index is 2.09. The zero-order chi connectivity index (χ0) is 17.5. The molecule has 1 aromatic rings. The molecule has 0 aromatic heterocycles. The lowest BCUT2D eigenvalue weighted by Gasteiger charge is -2.08. The van der Waals surface area contributed by atoms with Crippen molar-refractivity contribution < 1.29 is 5.11 Å². The summed E-state index contributed by atoms with van der Waals surface area (Å²) in [6, 6.07) is 8.23. The Morgan fingerprint density at radius 2 is 1.58 bits per heavy atom. The predicted octanol–water partition coefficient (Wildman–Crippen LogP) is 7.29. The fourth-order valence-electron chi connectivity index (χ4n) is 2.69. The Bertz CT molecular complexity index is 471. The van der Waals surface area contributed by atoms with Crippen LogP contribution < -0.4 is 0 Å². The third-order valence-corrected chi connectivity index (χ3v) is 5.18. The third kappa shape index (κ3) is 10.3. The van der Waals surface area contributed by atoms with Crippen LogP contribution in [-0.4, -0.2) is 5.11 Å². The molecule has 0 radical (unpaired) electrons. The summed E-state index contributed by atoms with van der Waals surface area (Å²) in [5, 5.41) is 10.2. The third-order valence-electron chi connectivity index (χ3n) is 4.30. The predicted molar refractivity (Wildman–Crippen MR) is 114 cm³/mol. The highest BCUT2D eigenvalue weighted by atomic mass is 127. The molecule has 1 N–H and O–H groups in total. The first-order valence-electron chi connectivity index (χ1n) is 9.50. The summed E-state index contributed by atoms with van der Waals surface area (Å²) >= 11 is 2.35. The molecule has 0 spiro atoms. The van der Waals surface area contributed by atoms with Gasteiger partial charge in [0.05, 0.1) is 6.10 Å². The maximum atomic E-state index is 10.2. The van der Waals surface area contributed by atoms with Crippen LogP contribution >= 0.6 is 22.6 Å². The van der Waals surface area contributed by atoms with Gasteiger partial charge >= 0.3 is 0 Å². The molecular weight excluding hydrogens is 407 g/mol. The lowest BCUT2D eigenvalue weighted by atomic mass is 10.0. The first kappa shape index (κ1) is 21.5. The number of alkyl halides is 1. The number of aliphatic hydroxyl groups excluding tert-OH is 1. The average Bonchev–Trinajstić information content (AvgIpc) is 2.62. The molecular formula is C22H33IO. The van der Waals surface area contributed by atoms with Crippen LogP contribution in [0.2, 0.25) is 0 Å². The lowest BCUT2D eigenvalue weighted by molar-refractivity contribution is 0.181. The van der Waals surface area contributed by atoms with E-state index in [0.29, 0.717) is 6.42 Å². The number of hydrogen-bond donors (Lipinski definition) is 1. The molecule has 0 aliphatic carbocycles. The highest BCUT2D eigenvalue weighted by molar-refractivity contribution is 14.1. The Kier molecular flexibility index (Phi) is 13.2. The Labute approximate surface area is 162 Å². The van der Waals surface area contributed by atoms with Crippen LogP contribution in [0.25, 0.3) is 0 Å². The minimum atomic E-state index is -0.419. The number of halogens is 1. The van der Waals surface area contributed by atoms with Gasteiger partial charge < -0.3 is 5.11 Å². The molecule has 0 saturated carbocycles. The second-order valence-corrected chi connectivity index (χ2v) is 7.23. The van der Waals surface area contributed by atoms with Crippen molar-refractivity contribution in [2.45, 2.75) is 81.7 Å². The van der Waals surface area contributed by atoms with E-state index < -0.39 is 6.10 Å². The summed E-state index contributed by atoms with van der Waals surface area (Å²) in [6.45, 7) is 2.26. The smallest absolute Gasteiger partial charge is 0.0830 e. The molecule has 134 valence electrons. The highest BCUT2D eigenvalue weighted by Gasteiger charge is 2.04. The number of benzene rings is 1. The maximum absolute atomic E-state index is 10.2. The molecule has 0 fully saturated rings.